The number of ether oxygens (including phenoxy) is 1. The highest BCUT2D eigenvalue weighted by molar-refractivity contribution is 7.16. The quantitative estimate of drug-likeness (QED) is 0.319. The van der Waals surface area contributed by atoms with Crippen molar-refractivity contribution in [2.45, 2.75) is 27.2 Å². The molecule has 33 heavy (non-hydrogen) atoms. The van der Waals surface area contributed by atoms with Crippen LogP contribution in [0.15, 0.2) is 48.5 Å². The van der Waals surface area contributed by atoms with E-state index in [-0.39, 0.29) is 5.91 Å². The fourth-order valence-corrected chi connectivity index (χ4v) is 5.32. The van der Waals surface area contributed by atoms with Gasteiger partial charge in [-0.05, 0) is 49.6 Å². The van der Waals surface area contributed by atoms with Gasteiger partial charge in [-0.1, -0.05) is 48.9 Å². The Morgan fingerprint density at radius 2 is 1.76 bits per heavy atom. The number of halogens is 1. The average Bonchev–Trinajstić information content (AvgIpc) is 3.13. The van der Waals surface area contributed by atoms with Crippen molar-refractivity contribution in [3.05, 3.63) is 80.7 Å². The number of aryl methyl sites for hydroxylation is 1. The summed E-state index contributed by atoms with van der Waals surface area (Å²) in [7, 11) is 1.35. The van der Waals surface area contributed by atoms with Gasteiger partial charge in [0.2, 0.25) is 0 Å². The zero-order valence-corrected chi connectivity index (χ0v) is 20.4. The number of carbonyl (C=O) groups is 2. The molecule has 0 bridgehead atoms. The van der Waals surface area contributed by atoms with Gasteiger partial charge in [0.25, 0.3) is 5.91 Å². The van der Waals surface area contributed by atoms with E-state index >= 15 is 0 Å². The molecule has 168 valence electrons. The van der Waals surface area contributed by atoms with Crippen molar-refractivity contribution in [3.8, 4) is 11.3 Å². The molecule has 1 N–H and O–H groups in total. The normalized spacial score (nSPS) is 10.9. The molecule has 0 atom stereocenters. The van der Waals surface area contributed by atoms with Crippen LogP contribution in [0.5, 0.6) is 0 Å². The van der Waals surface area contributed by atoms with Gasteiger partial charge in [0.05, 0.1) is 29.4 Å². The first-order chi connectivity index (χ1) is 15.8. The number of methoxy groups -OCH3 is 1. The van der Waals surface area contributed by atoms with E-state index in [4.69, 9.17) is 21.3 Å². The number of hydrogen-bond acceptors (Lipinski definition) is 5. The van der Waals surface area contributed by atoms with Crippen molar-refractivity contribution >= 4 is 50.7 Å². The number of para-hydroxylation sites is 1. The van der Waals surface area contributed by atoms with Crippen molar-refractivity contribution in [2.75, 3.05) is 12.4 Å². The minimum absolute atomic E-state index is 0.296. The second-order valence-electron chi connectivity index (χ2n) is 7.62. The minimum atomic E-state index is -0.454. The summed E-state index contributed by atoms with van der Waals surface area (Å²) in [5.41, 5.74) is 4.86. The Balaban J connectivity index is 1.87. The maximum Gasteiger partial charge on any atom is 0.341 e. The number of benzene rings is 2. The van der Waals surface area contributed by atoms with Crippen LogP contribution in [0.4, 0.5) is 5.00 Å². The molecule has 0 saturated carbocycles. The van der Waals surface area contributed by atoms with Gasteiger partial charge < -0.3 is 10.1 Å². The molecule has 4 rings (SSSR count). The predicted octanol–water partition coefficient (Wildman–Crippen LogP) is 6.83. The molecule has 0 spiro atoms. The van der Waals surface area contributed by atoms with E-state index in [0.29, 0.717) is 38.8 Å². The van der Waals surface area contributed by atoms with Crippen molar-refractivity contribution in [1.29, 1.82) is 0 Å². The first kappa shape index (κ1) is 23.0. The van der Waals surface area contributed by atoms with Crippen molar-refractivity contribution < 1.29 is 14.3 Å². The second kappa shape index (κ2) is 9.33. The Morgan fingerprint density at radius 1 is 1.06 bits per heavy atom. The topological polar surface area (TPSA) is 68.3 Å². The highest BCUT2D eigenvalue weighted by Crippen LogP contribution is 2.36. The number of nitrogens with one attached hydrogen (secondary N) is 1. The first-order valence-electron chi connectivity index (χ1n) is 10.5. The largest absolute Gasteiger partial charge is 0.465 e. The maximum absolute atomic E-state index is 13.7. The summed E-state index contributed by atoms with van der Waals surface area (Å²) < 4.78 is 5.00. The summed E-state index contributed by atoms with van der Waals surface area (Å²) in [6.45, 7) is 5.81. The number of anilines is 1. The number of rotatable bonds is 5. The number of carbonyl (C=O) groups excluding carboxylic acids is 2. The van der Waals surface area contributed by atoms with Crippen LogP contribution in [-0.2, 0) is 11.2 Å². The fraction of sp³-hybridized carbons (Fsp3) is 0.192. The van der Waals surface area contributed by atoms with Crippen LogP contribution in [0, 0.1) is 13.8 Å². The first-order valence-corrected chi connectivity index (χ1v) is 11.7. The van der Waals surface area contributed by atoms with E-state index < -0.39 is 5.97 Å². The Hall–Kier alpha value is -3.22. The highest BCUT2D eigenvalue weighted by Gasteiger charge is 2.25. The van der Waals surface area contributed by atoms with Crippen LogP contribution in [0.3, 0.4) is 0 Å². The lowest BCUT2D eigenvalue weighted by atomic mass is 9.97. The summed E-state index contributed by atoms with van der Waals surface area (Å²) in [6.07, 6.45) is 0.667. The van der Waals surface area contributed by atoms with Gasteiger partial charge in [-0.15, -0.1) is 11.3 Å². The number of amides is 1. The molecule has 4 aromatic rings. The third kappa shape index (κ3) is 4.24. The number of thiophene rings is 1. The lowest BCUT2D eigenvalue weighted by Crippen LogP contribution is -2.17. The van der Waals surface area contributed by atoms with Crippen LogP contribution in [-0.4, -0.2) is 24.0 Å². The number of hydrogen-bond donors (Lipinski definition) is 1. The van der Waals surface area contributed by atoms with Gasteiger partial charge in [0.15, 0.2) is 0 Å². The van der Waals surface area contributed by atoms with Crippen molar-refractivity contribution in [3.63, 3.8) is 0 Å². The molecule has 0 aliphatic heterocycles. The number of esters is 1. The molecule has 0 unspecified atom stereocenters. The molecule has 0 aliphatic rings. The molecule has 1 amide bonds. The molecule has 0 saturated heterocycles. The van der Waals surface area contributed by atoms with Crippen molar-refractivity contribution in [2.24, 2.45) is 0 Å². The van der Waals surface area contributed by atoms with Crippen LogP contribution >= 0.6 is 22.9 Å². The maximum atomic E-state index is 13.7. The number of aromatic nitrogens is 1. The Morgan fingerprint density at radius 3 is 2.42 bits per heavy atom. The summed E-state index contributed by atoms with van der Waals surface area (Å²) in [6, 6.07) is 14.9. The lowest BCUT2D eigenvalue weighted by molar-refractivity contribution is 0.0601. The van der Waals surface area contributed by atoms with E-state index in [9.17, 15) is 9.59 Å². The Labute approximate surface area is 201 Å². The van der Waals surface area contributed by atoms with Gasteiger partial charge in [0, 0.05) is 20.8 Å². The highest BCUT2D eigenvalue weighted by atomic mass is 35.5. The Kier molecular flexibility index (Phi) is 6.49. The second-order valence-corrected chi connectivity index (χ2v) is 9.29. The van der Waals surface area contributed by atoms with Crippen LogP contribution < -0.4 is 5.32 Å². The van der Waals surface area contributed by atoms with E-state index in [1.54, 1.807) is 12.1 Å². The van der Waals surface area contributed by atoms with E-state index in [1.807, 2.05) is 57.2 Å². The van der Waals surface area contributed by atoms with E-state index in [1.165, 1.54) is 18.4 Å². The van der Waals surface area contributed by atoms with Gasteiger partial charge in [-0.25, -0.2) is 9.78 Å². The molecule has 2 aromatic heterocycles. The summed E-state index contributed by atoms with van der Waals surface area (Å²) >= 11 is 7.45. The van der Waals surface area contributed by atoms with Gasteiger partial charge in [0.1, 0.15) is 5.00 Å². The van der Waals surface area contributed by atoms with Gasteiger partial charge in [-0.3, -0.25) is 4.79 Å². The van der Waals surface area contributed by atoms with Crippen molar-refractivity contribution in [1.82, 2.24) is 4.98 Å². The van der Waals surface area contributed by atoms with Crippen LogP contribution in [0.1, 0.15) is 43.6 Å². The molecular formula is C26H23ClN2O3S. The molecule has 2 heterocycles. The molecule has 7 heteroatoms. The minimum Gasteiger partial charge on any atom is -0.465 e. The zero-order chi connectivity index (χ0) is 23.7. The smallest absolute Gasteiger partial charge is 0.341 e. The number of fused-ring (bicyclic) bond motifs is 1. The average molecular weight is 479 g/mol. The lowest BCUT2D eigenvalue weighted by Gasteiger charge is -2.15. The molecule has 0 fully saturated rings. The summed E-state index contributed by atoms with van der Waals surface area (Å²) in [4.78, 5) is 32.0. The monoisotopic (exact) mass is 478 g/mol. The standard InChI is InChI=1S/C26H23ClN2O3S/c1-5-18-15(3)33-25(22(18)26(31)32-4)29-24(30)21-14(2)23(16-10-12-17(27)13-11-16)28-20-9-7-6-8-19(20)21/h6-13H,5H2,1-4H3,(H,29,30). The van der Waals surface area contributed by atoms with E-state index in [0.717, 1.165) is 27.0 Å². The van der Waals surface area contributed by atoms with Gasteiger partial charge in [-0.2, -0.15) is 0 Å². The SMILES string of the molecule is CCc1c(C)sc(NC(=O)c2c(C)c(-c3ccc(Cl)cc3)nc3ccccc23)c1C(=O)OC. The summed E-state index contributed by atoms with van der Waals surface area (Å²) in [5, 5.41) is 4.86. The molecule has 0 aliphatic carbocycles. The zero-order valence-electron chi connectivity index (χ0n) is 18.8. The van der Waals surface area contributed by atoms with E-state index in [2.05, 4.69) is 5.32 Å². The number of nitrogens with zero attached hydrogens (tertiary/aromatic N) is 1. The molecule has 2 aromatic carbocycles. The molecular weight excluding hydrogens is 456 g/mol. The van der Waals surface area contributed by atoms with Crippen LogP contribution in [0.2, 0.25) is 5.02 Å². The Bertz CT molecular complexity index is 1380. The summed E-state index contributed by atoms with van der Waals surface area (Å²) in [5.74, 6) is -0.750. The molecule has 5 nitrogen and oxygen atoms in total. The predicted molar refractivity (Wildman–Crippen MR) is 135 cm³/mol. The third-order valence-corrected chi connectivity index (χ3v) is 6.97. The van der Waals surface area contributed by atoms with Crippen LogP contribution in [0.25, 0.3) is 22.2 Å². The third-order valence-electron chi connectivity index (χ3n) is 5.66. The number of pyridine rings is 1. The van der Waals surface area contributed by atoms with Gasteiger partial charge >= 0.3 is 5.97 Å². The fourth-order valence-electron chi connectivity index (χ4n) is 4.06. The molecule has 0 radical (unpaired) electrons.